The van der Waals surface area contributed by atoms with Crippen molar-refractivity contribution in [1.82, 2.24) is 0 Å². The molecule has 3 rings (SSSR count). The van der Waals surface area contributed by atoms with Crippen LogP contribution in [0, 0.1) is 13.8 Å². The molecule has 2 aromatic rings. The minimum Gasteiger partial charge on any atom is -0.326 e. The lowest BCUT2D eigenvalue weighted by molar-refractivity contribution is -0.115. The molecule has 1 N–H and O–H groups in total. The zero-order valence-electron chi connectivity index (χ0n) is 13.4. The lowest BCUT2D eigenvalue weighted by Crippen LogP contribution is -2.16. The number of amides is 1. The Labute approximate surface area is 132 Å². The number of carbonyl (C=O) groups is 1. The first-order chi connectivity index (χ1) is 10.6. The molecule has 2 heteroatoms. The maximum atomic E-state index is 12.3. The van der Waals surface area contributed by atoms with Crippen LogP contribution in [0.3, 0.4) is 0 Å². The van der Waals surface area contributed by atoms with E-state index in [2.05, 4.69) is 36.5 Å². The Morgan fingerprint density at radius 3 is 2.64 bits per heavy atom. The lowest BCUT2D eigenvalue weighted by Gasteiger charge is -2.16. The van der Waals surface area contributed by atoms with Crippen LogP contribution in [0.2, 0.25) is 0 Å². The summed E-state index contributed by atoms with van der Waals surface area (Å²) < 4.78 is 0. The van der Waals surface area contributed by atoms with Crippen molar-refractivity contribution in [1.29, 1.82) is 0 Å². The molecule has 0 bridgehead atoms. The molecule has 1 amide bonds. The Kier molecular flexibility index (Phi) is 4.28. The number of hydrogen-bond acceptors (Lipinski definition) is 1. The predicted molar refractivity (Wildman–Crippen MR) is 91.3 cm³/mol. The van der Waals surface area contributed by atoms with Gasteiger partial charge in [-0.15, -0.1) is 0 Å². The number of carbonyl (C=O) groups excluding carboxylic acids is 1. The van der Waals surface area contributed by atoms with Gasteiger partial charge in [0.25, 0.3) is 0 Å². The largest absolute Gasteiger partial charge is 0.326 e. The summed E-state index contributed by atoms with van der Waals surface area (Å²) in [6.07, 6.45) is 5.34. The van der Waals surface area contributed by atoms with Crippen molar-refractivity contribution in [2.75, 3.05) is 5.32 Å². The predicted octanol–water partition coefficient (Wildman–Crippen LogP) is 4.36. The van der Waals surface area contributed by atoms with Crippen LogP contribution in [-0.2, 0) is 24.1 Å². The number of nitrogens with one attached hydrogen (secondary N) is 1. The molecule has 0 fully saturated rings. The van der Waals surface area contributed by atoms with Crippen molar-refractivity contribution in [2.45, 2.75) is 46.0 Å². The maximum absolute atomic E-state index is 12.3. The first-order valence-corrected chi connectivity index (χ1v) is 8.10. The van der Waals surface area contributed by atoms with E-state index in [-0.39, 0.29) is 5.91 Å². The number of rotatable bonds is 3. The van der Waals surface area contributed by atoms with Gasteiger partial charge >= 0.3 is 0 Å². The summed E-state index contributed by atoms with van der Waals surface area (Å²) in [4.78, 5) is 12.3. The second-order valence-corrected chi connectivity index (χ2v) is 6.28. The van der Waals surface area contributed by atoms with E-state index < -0.39 is 0 Å². The molecule has 0 saturated heterocycles. The van der Waals surface area contributed by atoms with Gasteiger partial charge in [0.05, 0.1) is 6.42 Å². The van der Waals surface area contributed by atoms with Crippen LogP contribution >= 0.6 is 0 Å². The topological polar surface area (TPSA) is 29.1 Å². The molecule has 0 unspecified atom stereocenters. The number of anilines is 1. The van der Waals surface area contributed by atoms with Crippen molar-refractivity contribution >= 4 is 11.6 Å². The van der Waals surface area contributed by atoms with Crippen LogP contribution in [0.5, 0.6) is 0 Å². The van der Waals surface area contributed by atoms with Crippen LogP contribution in [0.15, 0.2) is 36.4 Å². The molecule has 0 aliphatic heterocycles. The van der Waals surface area contributed by atoms with Crippen molar-refractivity contribution in [2.24, 2.45) is 0 Å². The van der Waals surface area contributed by atoms with Gasteiger partial charge in [-0.05, 0) is 73.4 Å². The number of hydrogen-bond donors (Lipinski definition) is 1. The summed E-state index contributed by atoms with van der Waals surface area (Å²) in [5.41, 5.74) is 7.27. The van der Waals surface area contributed by atoms with Crippen molar-refractivity contribution in [3.63, 3.8) is 0 Å². The number of benzene rings is 2. The third-order valence-corrected chi connectivity index (χ3v) is 4.66. The quantitative estimate of drug-likeness (QED) is 0.895. The average molecular weight is 293 g/mol. The maximum Gasteiger partial charge on any atom is 0.228 e. The fraction of sp³-hybridized carbons (Fsp3) is 0.350. The standard InChI is InChI=1S/C20H23NO/c1-14-6-5-9-19(15(14)2)21-20(22)13-16-10-11-17-7-3-4-8-18(17)12-16/h5-6,9-12H,3-4,7-8,13H2,1-2H3,(H,21,22). The van der Waals surface area contributed by atoms with Gasteiger partial charge in [0.2, 0.25) is 5.91 Å². The highest BCUT2D eigenvalue weighted by Gasteiger charge is 2.12. The summed E-state index contributed by atoms with van der Waals surface area (Å²) >= 11 is 0. The molecule has 0 atom stereocenters. The van der Waals surface area contributed by atoms with Crippen LogP contribution in [-0.4, -0.2) is 5.91 Å². The third kappa shape index (κ3) is 3.22. The first-order valence-electron chi connectivity index (χ1n) is 8.10. The minimum atomic E-state index is 0.0597. The molecule has 2 nitrogen and oxygen atoms in total. The molecule has 0 radical (unpaired) electrons. The van der Waals surface area contributed by atoms with Gasteiger partial charge in [-0.25, -0.2) is 0 Å². The normalized spacial score (nSPS) is 13.5. The highest BCUT2D eigenvalue weighted by atomic mass is 16.1. The molecular formula is C20H23NO. The van der Waals surface area contributed by atoms with E-state index in [9.17, 15) is 4.79 Å². The van der Waals surface area contributed by atoms with Crippen LogP contribution in [0.4, 0.5) is 5.69 Å². The highest BCUT2D eigenvalue weighted by molar-refractivity contribution is 5.93. The SMILES string of the molecule is Cc1cccc(NC(=O)Cc2ccc3c(c2)CCCC3)c1C. The van der Waals surface area contributed by atoms with E-state index in [0.717, 1.165) is 23.2 Å². The van der Waals surface area contributed by atoms with E-state index in [1.54, 1.807) is 0 Å². The Hall–Kier alpha value is -2.09. The summed E-state index contributed by atoms with van der Waals surface area (Å²) in [5, 5.41) is 3.04. The monoisotopic (exact) mass is 293 g/mol. The number of aryl methyl sites for hydroxylation is 3. The Morgan fingerprint density at radius 1 is 1.05 bits per heavy atom. The second-order valence-electron chi connectivity index (χ2n) is 6.28. The summed E-state index contributed by atoms with van der Waals surface area (Å²) in [6.45, 7) is 4.11. The van der Waals surface area contributed by atoms with E-state index in [0.29, 0.717) is 6.42 Å². The molecule has 1 aliphatic carbocycles. The van der Waals surface area contributed by atoms with Gasteiger partial charge in [0.15, 0.2) is 0 Å². The first kappa shape index (κ1) is 14.8. The molecule has 22 heavy (non-hydrogen) atoms. The van der Waals surface area contributed by atoms with Gasteiger partial charge in [-0.3, -0.25) is 4.79 Å². The van der Waals surface area contributed by atoms with Crippen molar-refractivity contribution in [3.8, 4) is 0 Å². The van der Waals surface area contributed by atoms with Crippen LogP contribution in [0.25, 0.3) is 0 Å². The van der Waals surface area contributed by atoms with Gasteiger partial charge in [0, 0.05) is 5.69 Å². The van der Waals surface area contributed by atoms with Gasteiger partial charge in [-0.2, -0.15) is 0 Å². The van der Waals surface area contributed by atoms with Crippen LogP contribution < -0.4 is 5.32 Å². The van der Waals surface area contributed by atoms with Crippen molar-refractivity contribution in [3.05, 3.63) is 64.2 Å². The minimum absolute atomic E-state index is 0.0597. The smallest absolute Gasteiger partial charge is 0.228 e. The highest BCUT2D eigenvalue weighted by Crippen LogP contribution is 2.23. The molecule has 1 aliphatic rings. The van der Waals surface area contributed by atoms with Crippen molar-refractivity contribution < 1.29 is 4.79 Å². The van der Waals surface area contributed by atoms with Gasteiger partial charge in [-0.1, -0.05) is 30.3 Å². The summed E-state index contributed by atoms with van der Waals surface area (Å²) in [7, 11) is 0. The Bertz CT molecular complexity index is 703. The fourth-order valence-corrected chi connectivity index (χ4v) is 3.16. The number of fused-ring (bicyclic) bond motifs is 1. The zero-order chi connectivity index (χ0) is 15.5. The third-order valence-electron chi connectivity index (χ3n) is 4.66. The molecule has 114 valence electrons. The van der Waals surface area contributed by atoms with E-state index >= 15 is 0 Å². The zero-order valence-corrected chi connectivity index (χ0v) is 13.4. The molecular weight excluding hydrogens is 270 g/mol. The van der Waals surface area contributed by atoms with Gasteiger partial charge in [0.1, 0.15) is 0 Å². The fourth-order valence-electron chi connectivity index (χ4n) is 3.16. The molecule has 0 heterocycles. The Balaban J connectivity index is 1.70. The summed E-state index contributed by atoms with van der Waals surface area (Å²) in [5.74, 6) is 0.0597. The molecule has 2 aromatic carbocycles. The molecule has 0 spiro atoms. The Morgan fingerprint density at radius 2 is 1.82 bits per heavy atom. The molecule has 0 aromatic heterocycles. The van der Waals surface area contributed by atoms with Gasteiger partial charge < -0.3 is 5.32 Å². The average Bonchev–Trinajstić information content (AvgIpc) is 2.52. The van der Waals surface area contributed by atoms with E-state index in [1.807, 2.05) is 19.1 Å². The van der Waals surface area contributed by atoms with E-state index in [4.69, 9.17) is 0 Å². The van der Waals surface area contributed by atoms with E-state index in [1.165, 1.54) is 36.0 Å². The summed E-state index contributed by atoms with van der Waals surface area (Å²) in [6, 6.07) is 12.5. The lowest BCUT2D eigenvalue weighted by atomic mass is 9.90. The van der Waals surface area contributed by atoms with Crippen LogP contribution in [0.1, 0.15) is 40.7 Å². The molecule has 0 saturated carbocycles. The second kappa shape index (κ2) is 6.35.